The first-order chi connectivity index (χ1) is 6.24. The molecule has 1 amide bonds. The smallest absolute Gasteiger partial charge is 0.407 e. The first-order valence-corrected chi connectivity index (χ1v) is 4.66. The highest BCUT2D eigenvalue weighted by Crippen LogP contribution is 2.10. The summed E-state index contributed by atoms with van der Waals surface area (Å²) in [7, 11) is 0. The Balaban J connectivity index is 1.75. The molecule has 0 radical (unpaired) electrons. The molecule has 0 saturated carbocycles. The first kappa shape index (κ1) is 8.77. The molecule has 0 aromatic heterocycles. The minimum Gasteiger partial charge on any atom is -0.443 e. The quantitative estimate of drug-likeness (QED) is 0.586. The summed E-state index contributed by atoms with van der Waals surface area (Å²) in [6, 6.07) is 0.296. The van der Waals surface area contributed by atoms with Crippen molar-refractivity contribution in [2.24, 2.45) is 5.73 Å². The van der Waals surface area contributed by atoms with Gasteiger partial charge < -0.3 is 15.8 Å². The zero-order chi connectivity index (χ0) is 9.26. The highest BCUT2D eigenvalue weighted by atomic mass is 16.6. The molecule has 3 N–H and O–H groups in total. The third kappa shape index (κ3) is 2.10. The fraction of sp³-hybridized carbons (Fsp3) is 0.875. The van der Waals surface area contributed by atoms with Crippen LogP contribution in [-0.2, 0) is 4.74 Å². The van der Waals surface area contributed by atoms with Crippen LogP contribution in [-0.4, -0.2) is 49.3 Å². The number of nitrogens with zero attached hydrogens (tertiary/aromatic N) is 1. The number of ether oxygens (including phenoxy) is 1. The molecule has 0 aliphatic carbocycles. The summed E-state index contributed by atoms with van der Waals surface area (Å²) in [5.41, 5.74) is 5.76. The number of carbonyl (C=O) groups is 1. The fourth-order valence-corrected chi connectivity index (χ4v) is 1.85. The van der Waals surface area contributed by atoms with E-state index in [4.69, 9.17) is 10.5 Å². The Morgan fingerprint density at radius 2 is 2.54 bits per heavy atom. The van der Waals surface area contributed by atoms with Crippen LogP contribution in [0, 0.1) is 0 Å². The second-order valence-corrected chi connectivity index (χ2v) is 3.72. The molecule has 5 heteroatoms. The van der Waals surface area contributed by atoms with Crippen molar-refractivity contribution in [2.45, 2.75) is 18.6 Å². The standard InChI is InChI=1S/C8H15N3O2/c9-6-1-2-11(4-6)5-7-3-10-8(12)13-7/h6-7H,1-5,9H2,(H,10,12)/t6-,7+/m0/s1. The zero-order valence-corrected chi connectivity index (χ0v) is 7.53. The van der Waals surface area contributed by atoms with Gasteiger partial charge in [0, 0.05) is 19.1 Å². The SMILES string of the molecule is N[C@H]1CCN(C[C@H]2CNC(=O)O2)C1. The summed E-state index contributed by atoms with van der Waals surface area (Å²) < 4.78 is 5.03. The van der Waals surface area contributed by atoms with E-state index in [-0.39, 0.29) is 12.2 Å². The summed E-state index contributed by atoms with van der Waals surface area (Å²) in [5, 5.41) is 2.64. The van der Waals surface area contributed by atoms with Crippen molar-refractivity contribution >= 4 is 6.09 Å². The van der Waals surface area contributed by atoms with Gasteiger partial charge in [0.05, 0.1) is 6.54 Å². The minimum atomic E-state index is -0.298. The number of nitrogens with one attached hydrogen (secondary N) is 1. The van der Waals surface area contributed by atoms with Crippen LogP contribution >= 0.6 is 0 Å². The summed E-state index contributed by atoms with van der Waals surface area (Å²) in [5.74, 6) is 0. The van der Waals surface area contributed by atoms with E-state index < -0.39 is 0 Å². The number of likely N-dealkylation sites (tertiary alicyclic amines) is 1. The third-order valence-electron chi connectivity index (χ3n) is 2.52. The lowest BCUT2D eigenvalue weighted by Gasteiger charge is -2.17. The van der Waals surface area contributed by atoms with E-state index in [1.165, 1.54) is 0 Å². The maximum absolute atomic E-state index is 10.7. The molecule has 2 rings (SSSR count). The number of rotatable bonds is 2. The predicted molar refractivity (Wildman–Crippen MR) is 47.3 cm³/mol. The van der Waals surface area contributed by atoms with Gasteiger partial charge in [-0.1, -0.05) is 0 Å². The van der Waals surface area contributed by atoms with E-state index in [1.807, 2.05) is 0 Å². The third-order valence-corrected chi connectivity index (χ3v) is 2.52. The Labute approximate surface area is 77.2 Å². The van der Waals surface area contributed by atoms with E-state index in [2.05, 4.69) is 10.2 Å². The van der Waals surface area contributed by atoms with Crippen molar-refractivity contribution in [3.05, 3.63) is 0 Å². The van der Waals surface area contributed by atoms with E-state index in [9.17, 15) is 4.79 Å². The maximum Gasteiger partial charge on any atom is 0.407 e. The van der Waals surface area contributed by atoms with Gasteiger partial charge in [0.1, 0.15) is 6.10 Å². The summed E-state index contributed by atoms with van der Waals surface area (Å²) in [6.45, 7) is 3.39. The molecule has 2 aliphatic rings. The first-order valence-electron chi connectivity index (χ1n) is 4.66. The van der Waals surface area contributed by atoms with E-state index in [0.29, 0.717) is 12.6 Å². The Bertz CT molecular complexity index is 210. The average molecular weight is 185 g/mol. The van der Waals surface area contributed by atoms with Gasteiger partial charge >= 0.3 is 6.09 Å². The molecule has 0 bridgehead atoms. The van der Waals surface area contributed by atoms with Gasteiger partial charge in [-0.25, -0.2) is 4.79 Å². The largest absolute Gasteiger partial charge is 0.443 e. The number of nitrogens with two attached hydrogens (primary N) is 1. The lowest BCUT2D eigenvalue weighted by atomic mass is 10.3. The van der Waals surface area contributed by atoms with Crippen LogP contribution in [0.4, 0.5) is 4.79 Å². The van der Waals surface area contributed by atoms with Crippen molar-refractivity contribution in [3.63, 3.8) is 0 Å². The normalized spacial score (nSPS) is 34.7. The molecule has 2 saturated heterocycles. The Morgan fingerprint density at radius 1 is 1.69 bits per heavy atom. The molecule has 2 fully saturated rings. The van der Waals surface area contributed by atoms with Crippen LogP contribution in [0.25, 0.3) is 0 Å². The Morgan fingerprint density at radius 3 is 3.08 bits per heavy atom. The summed E-state index contributed by atoms with van der Waals surface area (Å²) in [4.78, 5) is 13.0. The zero-order valence-electron chi connectivity index (χ0n) is 7.53. The molecule has 2 aliphatic heterocycles. The van der Waals surface area contributed by atoms with Crippen LogP contribution in [0.1, 0.15) is 6.42 Å². The van der Waals surface area contributed by atoms with E-state index in [1.54, 1.807) is 0 Å². The van der Waals surface area contributed by atoms with Gasteiger partial charge in [-0.2, -0.15) is 0 Å². The number of hydrogen-bond acceptors (Lipinski definition) is 4. The molecule has 74 valence electrons. The molecule has 0 aromatic rings. The molecule has 0 aromatic carbocycles. The van der Waals surface area contributed by atoms with Crippen LogP contribution in [0.2, 0.25) is 0 Å². The second kappa shape index (κ2) is 3.51. The fourth-order valence-electron chi connectivity index (χ4n) is 1.85. The van der Waals surface area contributed by atoms with Gasteiger partial charge in [-0.05, 0) is 13.0 Å². The van der Waals surface area contributed by atoms with Crippen molar-refractivity contribution in [2.75, 3.05) is 26.2 Å². The number of cyclic esters (lactones) is 1. The molecule has 13 heavy (non-hydrogen) atoms. The van der Waals surface area contributed by atoms with Crippen molar-refractivity contribution in [3.8, 4) is 0 Å². The molecule has 5 nitrogen and oxygen atoms in total. The molecule has 0 spiro atoms. The summed E-state index contributed by atoms with van der Waals surface area (Å²) in [6.07, 6.45) is 0.764. The highest BCUT2D eigenvalue weighted by Gasteiger charge is 2.27. The van der Waals surface area contributed by atoms with Crippen LogP contribution in [0.5, 0.6) is 0 Å². The lowest BCUT2D eigenvalue weighted by molar-refractivity contribution is 0.116. The molecule has 0 unspecified atom stereocenters. The molecule has 2 atom stereocenters. The maximum atomic E-state index is 10.7. The predicted octanol–water partition coefficient (Wildman–Crippen LogP) is -0.872. The monoisotopic (exact) mass is 185 g/mol. The summed E-state index contributed by atoms with van der Waals surface area (Å²) >= 11 is 0. The number of alkyl carbamates (subject to hydrolysis) is 1. The van der Waals surface area contributed by atoms with Crippen molar-refractivity contribution < 1.29 is 9.53 Å². The van der Waals surface area contributed by atoms with Crippen LogP contribution < -0.4 is 11.1 Å². The van der Waals surface area contributed by atoms with Crippen LogP contribution in [0.3, 0.4) is 0 Å². The van der Waals surface area contributed by atoms with E-state index in [0.717, 1.165) is 26.1 Å². The van der Waals surface area contributed by atoms with Gasteiger partial charge in [0.2, 0.25) is 0 Å². The lowest BCUT2D eigenvalue weighted by Crippen LogP contribution is -2.34. The van der Waals surface area contributed by atoms with Gasteiger partial charge in [-0.3, -0.25) is 4.90 Å². The number of amides is 1. The molecular weight excluding hydrogens is 170 g/mol. The van der Waals surface area contributed by atoms with Crippen molar-refractivity contribution in [1.29, 1.82) is 0 Å². The van der Waals surface area contributed by atoms with Crippen molar-refractivity contribution in [1.82, 2.24) is 10.2 Å². The van der Waals surface area contributed by atoms with Gasteiger partial charge in [0.25, 0.3) is 0 Å². The Hall–Kier alpha value is -0.810. The molecule has 2 heterocycles. The van der Waals surface area contributed by atoms with Crippen LogP contribution in [0.15, 0.2) is 0 Å². The second-order valence-electron chi connectivity index (χ2n) is 3.72. The number of hydrogen-bond donors (Lipinski definition) is 2. The average Bonchev–Trinajstić information content (AvgIpc) is 2.62. The number of carbonyl (C=O) groups excluding carboxylic acids is 1. The highest BCUT2D eigenvalue weighted by molar-refractivity contribution is 5.69. The van der Waals surface area contributed by atoms with Gasteiger partial charge in [-0.15, -0.1) is 0 Å². The van der Waals surface area contributed by atoms with Gasteiger partial charge in [0.15, 0.2) is 0 Å². The Kier molecular flexibility index (Phi) is 2.37. The van der Waals surface area contributed by atoms with E-state index >= 15 is 0 Å². The molecular formula is C8H15N3O2. The topological polar surface area (TPSA) is 67.6 Å². The minimum absolute atomic E-state index is 0.0119.